The van der Waals surface area contributed by atoms with E-state index in [-0.39, 0.29) is 0 Å². The van der Waals surface area contributed by atoms with E-state index in [1.54, 1.807) is 0 Å². The molecule has 0 fully saturated rings. The molecular formula is C10H12BrN3. The van der Waals surface area contributed by atoms with Crippen LogP contribution in [0.15, 0.2) is 17.0 Å². The number of halogens is 1. The topological polar surface area (TPSA) is 30.2 Å². The van der Waals surface area contributed by atoms with E-state index in [1.807, 2.05) is 17.5 Å². The van der Waals surface area contributed by atoms with Crippen molar-refractivity contribution in [1.82, 2.24) is 14.4 Å². The SMILES string of the molecule is Cc1nc(Br)cn2cc(C(C)C)nc12. The predicted molar refractivity (Wildman–Crippen MR) is 59.5 cm³/mol. The smallest absolute Gasteiger partial charge is 0.158 e. The van der Waals surface area contributed by atoms with Gasteiger partial charge in [-0.05, 0) is 28.8 Å². The number of fused-ring (bicyclic) bond motifs is 1. The lowest BCUT2D eigenvalue weighted by Crippen LogP contribution is -1.91. The van der Waals surface area contributed by atoms with E-state index in [1.165, 1.54) is 0 Å². The van der Waals surface area contributed by atoms with Crippen molar-refractivity contribution in [3.63, 3.8) is 0 Å². The Morgan fingerprint density at radius 1 is 1.29 bits per heavy atom. The zero-order valence-corrected chi connectivity index (χ0v) is 10.0. The first-order chi connectivity index (χ1) is 6.58. The van der Waals surface area contributed by atoms with Gasteiger partial charge in [-0.1, -0.05) is 13.8 Å². The molecule has 0 saturated heterocycles. The molecule has 0 aliphatic rings. The van der Waals surface area contributed by atoms with Gasteiger partial charge in [0.15, 0.2) is 5.65 Å². The third-order valence-electron chi connectivity index (χ3n) is 2.19. The van der Waals surface area contributed by atoms with Gasteiger partial charge >= 0.3 is 0 Å². The Hall–Kier alpha value is -0.900. The Morgan fingerprint density at radius 3 is 2.64 bits per heavy atom. The van der Waals surface area contributed by atoms with E-state index in [4.69, 9.17) is 0 Å². The molecule has 2 aromatic heterocycles. The minimum Gasteiger partial charge on any atom is -0.303 e. The van der Waals surface area contributed by atoms with Crippen molar-refractivity contribution < 1.29 is 0 Å². The summed E-state index contributed by atoms with van der Waals surface area (Å²) in [4.78, 5) is 8.84. The highest BCUT2D eigenvalue weighted by atomic mass is 79.9. The fourth-order valence-corrected chi connectivity index (χ4v) is 1.90. The molecule has 0 aliphatic heterocycles. The highest BCUT2D eigenvalue weighted by Gasteiger charge is 2.08. The number of hydrogen-bond acceptors (Lipinski definition) is 2. The largest absolute Gasteiger partial charge is 0.303 e. The van der Waals surface area contributed by atoms with Crippen LogP contribution in [0.3, 0.4) is 0 Å². The van der Waals surface area contributed by atoms with E-state index in [0.29, 0.717) is 5.92 Å². The first-order valence-corrected chi connectivity index (χ1v) is 5.39. The summed E-state index contributed by atoms with van der Waals surface area (Å²) in [7, 11) is 0. The predicted octanol–water partition coefficient (Wildman–Crippen LogP) is 2.92. The second kappa shape index (κ2) is 3.35. The minimum absolute atomic E-state index is 0.452. The number of hydrogen-bond donors (Lipinski definition) is 0. The van der Waals surface area contributed by atoms with Gasteiger partial charge in [0.25, 0.3) is 0 Å². The van der Waals surface area contributed by atoms with Gasteiger partial charge in [-0.25, -0.2) is 9.97 Å². The molecule has 0 N–H and O–H groups in total. The molecule has 0 aliphatic carbocycles. The lowest BCUT2D eigenvalue weighted by atomic mass is 10.2. The molecule has 4 heteroatoms. The summed E-state index contributed by atoms with van der Waals surface area (Å²) < 4.78 is 2.86. The summed E-state index contributed by atoms with van der Waals surface area (Å²) in [6.45, 7) is 6.25. The normalized spacial score (nSPS) is 11.5. The summed E-state index contributed by atoms with van der Waals surface area (Å²) in [5.74, 6) is 0.452. The average Bonchev–Trinajstić information content (AvgIpc) is 2.47. The minimum atomic E-state index is 0.452. The second-order valence-corrected chi connectivity index (χ2v) is 4.51. The number of aryl methyl sites for hydroxylation is 1. The van der Waals surface area contributed by atoms with Crippen LogP contribution in [0.4, 0.5) is 0 Å². The molecule has 0 saturated carbocycles. The highest BCUT2D eigenvalue weighted by molar-refractivity contribution is 9.10. The Morgan fingerprint density at radius 2 is 2.00 bits per heavy atom. The van der Waals surface area contributed by atoms with E-state index in [9.17, 15) is 0 Å². The number of imidazole rings is 1. The Bertz CT molecular complexity index is 473. The van der Waals surface area contributed by atoms with Crippen LogP contribution in [0.1, 0.15) is 31.2 Å². The molecule has 0 aromatic carbocycles. The van der Waals surface area contributed by atoms with Crippen molar-refractivity contribution in [2.75, 3.05) is 0 Å². The van der Waals surface area contributed by atoms with Gasteiger partial charge in [-0.3, -0.25) is 0 Å². The van der Waals surface area contributed by atoms with Crippen molar-refractivity contribution in [3.8, 4) is 0 Å². The lowest BCUT2D eigenvalue weighted by Gasteiger charge is -1.96. The summed E-state index contributed by atoms with van der Waals surface area (Å²) in [5.41, 5.74) is 3.00. The second-order valence-electron chi connectivity index (χ2n) is 3.70. The number of aromatic nitrogens is 3. The van der Waals surface area contributed by atoms with Crippen LogP contribution in [0.2, 0.25) is 0 Å². The molecular weight excluding hydrogens is 242 g/mol. The van der Waals surface area contributed by atoms with Crippen molar-refractivity contribution in [2.24, 2.45) is 0 Å². The average molecular weight is 254 g/mol. The van der Waals surface area contributed by atoms with Gasteiger partial charge in [0.2, 0.25) is 0 Å². The summed E-state index contributed by atoms with van der Waals surface area (Å²) in [5, 5.41) is 0. The lowest BCUT2D eigenvalue weighted by molar-refractivity contribution is 0.834. The van der Waals surface area contributed by atoms with Gasteiger partial charge in [0, 0.05) is 12.4 Å². The first kappa shape index (κ1) is 9.65. The van der Waals surface area contributed by atoms with Crippen molar-refractivity contribution >= 4 is 21.6 Å². The fraction of sp³-hybridized carbons (Fsp3) is 0.400. The fourth-order valence-electron chi connectivity index (χ4n) is 1.41. The van der Waals surface area contributed by atoms with Crippen LogP contribution in [0.25, 0.3) is 5.65 Å². The van der Waals surface area contributed by atoms with Gasteiger partial charge < -0.3 is 4.40 Å². The third kappa shape index (κ3) is 1.54. The van der Waals surface area contributed by atoms with Crippen molar-refractivity contribution in [2.45, 2.75) is 26.7 Å². The zero-order valence-electron chi connectivity index (χ0n) is 8.45. The Labute approximate surface area is 91.3 Å². The van der Waals surface area contributed by atoms with Crippen LogP contribution >= 0.6 is 15.9 Å². The van der Waals surface area contributed by atoms with Gasteiger partial charge in [-0.2, -0.15) is 0 Å². The molecule has 0 atom stereocenters. The molecule has 2 rings (SSSR count). The summed E-state index contributed by atoms with van der Waals surface area (Å²) >= 11 is 3.37. The monoisotopic (exact) mass is 253 g/mol. The zero-order chi connectivity index (χ0) is 10.3. The maximum atomic E-state index is 4.53. The van der Waals surface area contributed by atoms with E-state index in [2.05, 4.69) is 45.9 Å². The highest BCUT2D eigenvalue weighted by Crippen LogP contribution is 2.17. The third-order valence-corrected chi connectivity index (χ3v) is 2.57. The number of rotatable bonds is 1. The molecule has 2 aromatic rings. The van der Waals surface area contributed by atoms with E-state index in [0.717, 1.165) is 21.6 Å². The summed E-state index contributed by atoms with van der Waals surface area (Å²) in [6, 6.07) is 0. The molecule has 74 valence electrons. The van der Waals surface area contributed by atoms with Crippen LogP contribution in [-0.4, -0.2) is 14.4 Å². The maximum Gasteiger partial charge on any atom is 0.158 e. The first-order valence-electron chi connectivity index (χ1n) is 4.59. The van der Waals surface area contributed by atoms with E-state index >= 15 is 0 Å². The molecule has 0 radical (unpaired) electrons. The maximum absolute atomic E-state index is 4.53. The molecule has 3 nitrogen and oxygen atoms in total. The van der Waals surface area contributed by atoms with E-state index < -0.39 is 0 Å². The Balaban J connectivity index is 2.70. The number of nitrogens with zero attached hydrogens (tertiary/aromatic N) is 3. The molecule has 14 heavy (non-hydrogen) atoms. The van der Waals surface area contributed by atoms with Crippen LogP contribution in [0.5, 0.6) is 0 Å². The molecule has 0 bridgehead atoms. The molecule has 0 unspecified atom stereocenters. The van der Waals surface area contributed by atoms with Gasteiger partial charge in [-0.15, -0.1) is 0 Å². The summed E-state index contributed by atoms with van der Waals surface area (Å²) in [6.07, 6.45) is 3.99. The van der Waals surface area contributed by atoms with Crippen LogP contribution in [-0.2, 0) is 0 Å². The van der Waals surface area contributed by atoms with Crippen LogP contribution in [0, 0.1) is 6.92 Å². The van der Waals surface area contributed by atoms with Crippen LogP contribution < -0.4 is 0 Å². The molecule has 0 amide bonds. The van der Waals surface area contributed by atoms with Crippen molar-refractivity contribution in [1.29, 1.82) is 0 Å². The Kier molecular flexibility index (Phi) is 2.31. The molecule has 2 heterocycles. The standard InChI is InChI=1S/C10H12BrN3/c1-6(2)8-4-14-5-9(11)12-7(3)10(14)13-8/h4-6H,1-3H3. The van der Waals surface area contributed by atoms with Crippen molar-refractivity contribution in [3.05, 3.63) is 28.4 Å². The van der Waals surface area contributed by atoms with Gasteiger partial charge in [0.05, 0.1) is 11.4 Å². The van der Waals surface area contributed by atoms with Gasteiger partial charge in [0.1, 0.15) is 4.60 Å². The molecule has 0 spiro atoms. The quantitative estimate of drug-likeness (QED) is 0.783.